The fraction of sp³-hybridized carbons (Fsp3) is 0.182. The number of ether oxygens (including phenoxy) is 1. The topological polar surface area (TPSA) is 87.7 Å². The molecule has 0 atom stereocenters. The Hall–Kier alpha value is -4.75. The molecule has 0 radical (unpaired) electrons. The van der Waals surface area contributed by atoms with Gasteiger partial charge in [-0.3, -0.25) is 14.4 Å². The highest BCUT2D eigenvalue weighted by atomic mass is 16.5. The van der Waals surface area contributed by atoms with Gasteiger partial charge in [0.1, 0.15) is 0 Å². The molecule has 3 aromatic carbocycles. The van der Waals surface area contributed by atoms with E-state index >= 15 is 0 Å². The summed E-state index contributed by atoms with van der Waals surface area (Å²) in [7, 11) is 0. The Morgan fingerprint density at radius 2 is 1.27 bits per heavy atom. The number of carbonyl (C=O) groups is 3. The number of hydrogen-bond donors (Lipinski definition) is 2. The molecule has 1 heterocycles. The van der Waals surface area contributed by atoms with Crippen molar-refractivity contribution in [1.82, 2.24) is 0 Å². The van der Waals surface area contributed by atoms with Crippen LogP contribution in [0.15, 0.2) is 109 Å². The lowest BCUT2D eigenvalue weighted by atomic mass is 10.0. The van der Waals surface area contributed by atoms with Gasteiger partial charge in [0.25, 0.3) is 11.8 Å². The lowest BCUT2D eigenvalue weighted by Crippen LogP contribution is -2.36. The van der Waals surface area contributed by atoms with Crippen molar-refractivity contribution in [2.24, 2.45) is 0 Å². The van der Waals surface area contributed by atoms with E-state index in [-0.39, 0.29) is 17.6 Å². The van der Waals surface area contributed by atoms with Gasteiger partial charge in [0, 0.05) is 52.4 Å². The Balaban J connectivity index is 1.33. The van der Waals surface area contributed by atoms with Crippen LogP contribution in [0.4, 0.5) is 17.1 Å². The number of nitrogens with one attached hydrogen (secondary N) is 2. The third kappa shape index (κ3) is 7.42. The van der Waals surface area contributed by atoms with Gasteiger partial charge in [-0.15, -0.1) is 0 Å². The molecule has 0 bridgehead atoms. The highest BCUT2D eigenvalue weighted by Crippen LogP contribution is 2.19. The summed E-state index contributed by atoms with van der Waals surface area (Å²) in [6.07, 6.45) is 5.27. The zero-order valence-corrected chi connectivity index (χ0v) is 22.8. The largest absolute Gasteiger partial charge is 0.378 e. The van der Waals surface area contributed by atoms with E-state index in [4.69, 9.17) is 4.74 Å². The predicted octanol–water partition coefficient (Wildman–Crippen LogP) is 6.02. The first-order valence-corrected chi connectivity index (χ1v) is 13.1. The van der Waals surface area contributed by atoms with Crippen LogP contribution in [0, 0.1) is 0 Å². The van der Waals surface area contributed by atoms with E-state index in [2.05, 4.69) is 22.1 Å². The van der Waals surface area contributed by atoms with Crippen LogP contribution in [0.5, 0.6) is 0 Å². The number of carbonyl (C=O) groups excluding carboxylic acids is 3. The van der Waals surface area contributed by atoms with Crippen molar-refractivity contribution in [3.8, 4) is 0 Å². The zero-order chi connectivity index (χ0) is 28.5. The fourth-order valence-corrected chi connectivity index (χ4v) is 4.05. The van der Waals surface area contributed by atoms with E-state index in [0.717, 1.165) is 24.4 Å². The second-order valence-corrected chi connectivity index (χ2v) is 9.50. The molecule has 7 heteroatoms. The monoisotopic (exact) mass is 535 g/mol. The van der Waals surface area contributed by atoms with Gasteiger partial charge in [-0.05, 0) is 86.6 Å². The lowest BCUT2D eigenvalue weighted by molar-refractivity contribution is -0.112. The maximum absolute atomic E-state index is 13.0. The summed E-state index contributed by atoms with van der Waals surface area (Å²) in [5.41, 5.74) is 5.31. The number of morpholine rings is 1. The molecule has 1 aliphatic heterocycles. The summed E-state index contributed by atoms with van der Waals surface area (Å²) < 4.78 is 5.39. The van der Waals surface area contributed by atoms with Crippen molar-refractivity contribution >= 4 is 34.7 Å². The number of benzene rings is 3. The van der Waals surface area contributed by atoms with Crippen LogP contribution in [0.25, 0.3) is 0 Å². The fourth-order valence-electron chi connectivity index (χ4n) is 4.05. The molecule has 1 aliphatic rings. The molecule has 1 fully saturated rings. The summed E-state index contributed by atoms with van der Waals surface area (Å²) >= 11 is 0. The number of amides is 2. The van der Waals surface area contributed by atoms with Crippen LogP contribution in [0.1, 0.15) is 40.1 Å². The molecule has 2 amide bonds. The van der Waals surface area contributed by atoms with Gasteiger partial charge in [-0.1, -0.05) is 30.4 Å². The minimum absolute atomic E-state index is 0.157. The minimum Gasteiger partial charge on any atom is -0.378 e. The Labute approximate surface area is 234 Å². The number of nitrogens with zero attached hydrogens (tertiary/aromatic N) is 1. The molecular weight excluding hydrogens is 502 g/mol. The molecule has 204 valence electrons. The molecular formula is C33H33N3O4. The van der Waals surface area contributed by atoms with Crippen molar-refractivity contribution < 1.29 is 19.1 Å². The number of hydrogen-bond acceptors (Lipinski definition) is 5. The molecule has 4 rings (SSSR count). The summed E-state index contributed by atoms with van der Waals surface area (Å²) in [4.78, 5) is 40.3. The summed E-state index contributed by atoms with van der Waals surface area (Å²) in [5.74, 6) is -0.601. The maximum Gasteiger partial charge on any atom is 0.255 e. The van der Waals surface area contributed by atoms with Gasteiger partial charge in [-0.2, -0.15) is 0 Å². The number of rotatable bonds is 9. The Bertz CT molecular complexity index is 1430. The van der Waals surface area contributed by atoms with E-state index in [0.29, 0.717) is 46.9 Å². The second kappa shape index (κ2) is 13.4. The number of ketones is 1. The highest BCUT2D eigenvalue weighted by Gasteiger charge is 2.14. The number of anilines is 3. The molecule has 0 saturated carbocycles. The Morgan fingerprint density at radius 1 is 0.750 bits per heavy atom. The molecule has 3 aromatic rings. The van der Waals surface area contributed by atoms with Gasteiger partial charge in [0.2, 0.25) is 0 Å². The Kier molecular flexibility index (Phi) is 9.44. The third-order valence-corrected chi connectivity index (χ3v) is 6.59. The van der Waals surface area contributed by atoms with Crippen LogP contribution in [-0.4, -0.2) is 43.9 Å². The first-order chi connectivity index (χ1) is 19.3. The van der Waals surface area contributed by atoms with E-state index in [9.17, 15) is 14.4 Å². The quantitative estimate of drug-likeness (QED) is 0.199. The first-order valence-electron chi connectivity index (χ1n) is 13.1. The summed E-state index contributed by atoms with van der Waals surface area (Å²) in [6.45, 7) is 10.4. The van der Waals surface area contributed by atoms with Crippen molar-refractivity contribution in [3.05, 3.63) is 125 Å². The van der Waals surface area contributed by atoms with Crippen LogP contribution < -0.4 is 15.5 Å². The predicted molar refractivity (Wildman–Crippen MR) is 160 cm³/mol. The SMILES string of the molecule is C=C/C(C)=C\C=C(/C)C(=O)Nc1ccc(C(=O)c2ccc(NC(=O)c3ccc(N4CCOCC4)cc3)cc2)cc1. The first kappa shape index (κ1) is 28.3. The molecule has 2 N–H and O–H groups in total. The van der Waals surface area contributed by atoms with Crippen LogP contribution >= 0.6 is 0 Å². The maximum atomic E-state index is 13.0. The minimum atomic E-state index is -0.224. The van der Waals surface area contributed by atoms with Gasteiger partial charge in [0.15, 0.2) is 5.78 Å². The van der Waals surface area contributed by atoms with Crippen LogP contribution in [0.2, 0.25) is 0 Å². The van der Waals surface area contributed by atoms with Crippen molar-refractivity contribution in [2.75, 3.05) is 41.8 Å². The molecule has 1 saturated heterocycles. The smallest absolute Gasteiger partial charge is 0.255 e. The van der Waals surface area contributed by atoms with Crippen molar-refractivity contribution in [3.63, 3.8) is 0 Å². The summed E-state index contributed by atoms with van der Waals surface area (Å²) in [5, 5.41) is 5.71. The second-order valence-electron chi connectivity index (χ2n) is 9.50. The van der Waals surface area contributed by atoms with Crippen LogP contribution in [0.3, 0.4) is 0 Å². The number of allylic oxidation sites excluding steroid dienone is 4. The highest BCUT2D eigenvalue weighted by molar-refractivity contribution is 6.10. The van der Waals surface area contributed by atoms with E-state index in [1.54, 1.807) is 67.6 Å². The van der Waals surface area contributed by atoms with Crippen molar-refractivity contribution in [1.29, 1.82) is 0 Å². The molecule has 40 heavy (non-hydrogen) atoms. The average molecular weight is 536 g/mol. The molecule has 0 unspecified atom stereocenters. The Morgan fingerprint density at radius 3 is 1.82 bits per heavy atom. The third-order valence-electron chi connectivity index (χ3n) is 6.59. The zero-order valence-electron chi connectivity index (χ0n) is 22.8. The summed E-state index contributed by atoms with van der Waals surface area (Å²) in [6, 6.07) is 21.0. The lowest BCUT2D eigenvalue weighted by Gasteiger charge is -2.28. The van der Waals surface area contributed by atoms with Crippen molar-refractivity contribution in [2.45, 2.75) is 13.8 Å². The molecule has 0 aliphatic carbocycles. The van der Waals surface area contributed by atoms with Gasteiger partial charge < -0.3 is 20.3 Å². The molecule has 0 spiro atoms. The molecule has 0 aromatic heterocycles. The van der Waals surface area contributed by atoms with Crippen LogP contribution in [-0.2, 0) is 9.53 Å². The van der Waals surface area contributed by atoms with E-state index in [1.807, 2.05) is 37.3 Å². The normalized spacial score (nSPS) is 13.9. The van der Waals surface area contributed by atoms with Gasteiger partial charge in [-0.25, -0.2) is 0 Å². The van der Waals surface area contributed by atoms with Gasteiger partial charge >= 0.3 is 0 Å². The average Bonchev–Trinajstić information content (AvgIpc) is 3.00. The van der Waals surface area contributed by atoms with E-state index in [1.165, 1.54) is 0 Å². The van der Waals surface area contributed by atoms with E-state index < -0.39 is 0 Å². The van der Waals surface area contributed by atoms with Gasteiger partial charge in [0.05, 0.1) is 13.2 Å². The molecule has 7 nitrogen and oxygen atoms in total. The standard InChI is InChI=1S/C33H33N3O4/c1-4-23(2)5-6-24(3)32(38)34-28-13-7-25(8-14-28)31(37)26-9-15-29(16-10-26)35-33(39)27-11-17-30(18-12-27)36-19-21-40-22-20-36/h4-18H,1,19-22H2,2-3H3,(H,34,38)(H,35,39)/b23-5-,24-6+.